The van der Waals surface area contributed by atoms with E-state index >= 15 is 0 Å². The lowest BCUT2D eigenvalue weighted by Gasteiger charge is -2.58. The third-order valence-electron chi connectivity index (χ3n) is 9.80. The molecule has 4 rings (SSSR count). The van der Waals surface area contributed by atoms with Crippen molar-refractivity contribution in [1.82, 2.24) is 0 Å². The van der Waals surface area contributed by atoms with Crippen molar-refractivity contribution in [1.29, 1.82) is 0 Å². The topological polar surface area (TPSA) is 170 Å². The number of carbonyl (C=O) groups excluding carboxylic acids is 3. The Morgan fingerprint density at radius 1 is 1.21 bits per heavy atom. The first-order valence-electron chi connectivity index (χ1n) is 14.5. The molecule has 11 heteroatoms. The summed E-state index contributed by atoms with van der Waals surface area (Å²) in [5.41, 5.74) is 0.324. The average molecular weight is 594 g/mol. The van der Waals surface area contributed by atoms with Crippen LogP contribution in [-0.4, -0.2) is 58.1 Å². The van der Waals surface area contributed by atoms with Gasteiger partial charge in [0.25, 0.3) is 5.09 Å². The number of fused-ring (bicyclic) bond motifs is 5. The molecule has 0 aromatic rings. The minimum atomic E-state index is -0.979. The van der Waals surface area contributed by atoms with Gasteiger partial charge in [0.05, 0.1) is 12.5 Å². The Balaban J connectivity index is 0.000000687. The van der Waals surface area contributed by atoms with Crippen LogP contribution in [0.15, 0.2) is 23.8 Å². The van der Waals surface area contributed by atoms with Crippen LogP contribution in [0, 0.1) is 50.5 Å². The summed E-state index contributed by atoms with van der Waals surface area (Å²) in [4.78, 5) is 61.1. The summed E-state index contributed by atoms with van der Waals surface area (Å²) in [7, 11) is 0. The van der Waals surface area contributed by atoms with Crippen LogP contribution >= 0.6 is 0 Å². The van der Waals surface area contributed by atoms with Crippen LogP contribution < -0.4 is 0 Å². The minimum Gasteiger partial charge on any atom is -0.481 e. The Kier molecular flexibility index (Phi) is 12.0. The number of carbonyl (C=O) groups is 4. The Bertz CT molecular complexity index is 1100. The predicted octanol–water partition coefficient (Wildman–Crippen LogP) is 4.74. The number of aliphatic hydroxyl groups is 1. The van der Waals surface area contributed by atoms with E-state index in [9.17, 15) is 34.4 Å². The van der Waals surface area contributed by atoms with E-state index < -0.39 is 35.2 Å². The number of rotatable bonds is 10. The molecule has 0 aliphatic heterocycles. The van der Waals surface area contributed by atoms with Gasteiger partial charge in [-0.15, -0.1) is 10.1 Å². The fraction of sp³-hybridized carbons (Fsp3) is 0.742. The van der Waals surface area contributed by atoms with E-state index in [1.807, 2.05) is 13.0 Å². The van der Waals surface area contributed by atoms with E-state index in [-0.39, 0.29) is 67.0 Å². The van der Waals surface area contributed by atoms with E-state index in [0.717, 1.165) is 37.7 Å². The Hall–Kier alpha value is -3.08. The van der Waals surface area contributed by atoms with Crippen molar-refractivity contribution in [3.8, 4) is 0 Å². The van der Waals surface area contributed by atoms with Crippen molar-refractivity contribution in [3.05, 3.63) is 33.9 Å². The molecule has 0 aromatic heterocycles. The molecule has 0 radical (unpaired) electrons. The number of esters is 1. The van der Waals surface area contributed by atoms with Gasteiger partial charge in [-0.05, 0) is 67.4 Å². The van der Waals surface area contributed by atoms with Crippen LogP contribution in [0.4, 0.5) is 0 Å². The van der Waals surface area contributed by atoms with Crippen LogP contribution in [-0.2, 0) is 28.8 Å². The van der Waals surface area contributed by atoms with Crippen molar-refractivity contribution in [2.45, 2.75) is 92.6 Å². The summed E-state index contributed by atoms with van der Waals surface area (Å²) in [6.07, 6.45) is 9.51. The molecule has 236 valence electrons. The van der Waals surface area contributed by atoms with E-state index in [1.54, 1.807) is 12.2 Å². The van der Waals surface area contributed by atoms with Gasteiger partial charge in [-0.2, -0.15) is 0 Å². The molecule has 4 aliphatic rings. The van der Waals surface area contributed by atoms with E-state index in [1.165, 1.54) is 0 Å². The predicted molar refractivity (Wildman–Crippen MR) is 153 cm³/mol. The molecule has 0 bridgehead atoms. The number of nitrogens with zero attached hydrogens (tertiary/aromatic N) is 1. The highest BCUT2D eigenvalue weighted by atomic mass is 16.9. The molecular formula is C31H47NO10. The Morgan fingerprint density at radius 2 is 1.90 bits per heavy atom. The number of allylic oxidation sites excluding steroid dienone is 4. The molecule has 11 nitrogen and oxygen atoms in total. The van der Waals surface area contributed by atoms with Gasteiger partial charge in [0.2, 0.25) is 0 Å². The summed E-state index contributed by atoms with van der Waals surface area (Å²) in [5.74, 6) is -1.36. The molecule has 0 spiro atoms. The fourth-order valence-electron chi connectivity index (χ4n) is 8.22. The summed E-state index contributed by atoms with van der Waals surface area (Å²) in [6.45, 7) is 7.44. The highest BCUT2D eigenvalue weighted by Gasteiger charge is 2.64. The number of unbranched alkanes of at least 4 members (excludes halogenated alkanes) is 1. The number of aliphatic carboxylic acids is 1. The van der Waals surface area contributed by atoms with Crippen molar-refractivity contribution in [3.63, 3.8) is 0 Å². The number of ketones is 2. The zero-order chi connectivity index (χ0) is 30.5. The summed E-state index contributed by atoms with van der Waals surface area (Å²) in [6, 6.07) is 0. The molecule has 0 amide bonds. The number of hydrogen-bond acceptors (Lipinski definition) is 9. The van der Waals surface area contributed by atoms with Crippen molar-refractivity contribution in [2.75, 3.05) is 13.2 Å². The Labute approximate surface area is 247 Å². The molecule has 0 saturated heterocycles. The monoisotopic (exact) mass is 593 g/mol. The van der Waals surface area contributed by atoms with Crippen LogP contribution in [0.2, 0.25) is 0 Å². The largest absolute Gasteiger partial charge is 0.481 e. The lowest BCUT2D eigenvalue weighted by molar-refractivity contribution is -0.757. The highest BCUT2D eigenvalue weighted by molar-refractivity contribution is 6.01. The zero-order valence-corrected chi connectivity index (χ0v) is 24.4. The second kappa shape index (κ2) is 14.4. The smallest absolute Gasteiger partial charge is 0.308 e. The van der Waals surface area contributed by atoms with E-state index in [4.69, 9.17) is 9.84 Å². The van der Waals surface area contributed by atoms with Crippen LogP contribution in [0.5, 0.6) is 0 Å². The molecule has 0 aromatic carbocycles. The van der Waals surface area contributed by atoms with Crippen LogP contribution in [0.3, 0.4) is 0 Å². The quantitative estimate of drug-likeness (QED) is 0.205. The molecule has 3 saturated carbocycles. The van der Waals surface area contributed by atoms with E-state index in [0.29, 0.717) is 12.8 Å². The fourth-order valence-corrected chi connectivity index (χ4v) is 8.22. The molecule has 8 atom stereocenters. The van der Waals surface area contributed by atoms with Gasteiger partial charge in [-0.1, -0.05) is 53.2 Å². The zero-order valence-electron chi connectivity index (χ0n) is 24.4. The van der Waals surface area contributed by atoms with Crippen molar-refractivity contribution >= 4 is 23.5 Å². The highest BCUT2D eigenvalue weighted by Crippen LogP contribution is 2.67. The molecule has 42 heavy (non-hydrogen) atoms. The first-order chi connectivity index (χ1) is 19.2. The van der Waals surface area contributed by atoms with Gasteiger partial charge in [-0.3, -0.25) is 19.2 Å². The maximum atomic E-state index is 13.2. The van der Waals surface area contributed by atoms with Gasteiger partial charge in [0, 0.05) is 23.7 Å². The first-order valence-corrected chi connectivity index (χ1v) is 14.5. The summed E-state index contributed by atoms with van der Waals surface area (Å²) < 4.78 is 5.10. The van der Waals surface area contributed by atoms with Crippen molar-refractivity contribution in [2.24, 2.45) is 40.4 Å². The Morgan fingerprint density at radius 3 is 2.50 bits per heavy atom. The van der Waals surface area contributed by atoms with Gasteiger partial charge in [-0.25, -0.2) is 0 Å². The number of ether oxygens (including phenoxy) is 1. The molecular weight excluding hydrogens is 546 g/mol. The lowest BCUT2D eigenvalue weighted by Crippen LogP contribution is -2.56. The third-order valence-corrected chi connectivity index (χ3v) is 9.80. The minimum absolute atomic E-state index is 0. The maximum absolute atomic E-state index is 13.2. The average Bonchev–Trinajstić information content (AvgIpc) is 3.15. The SMILES string of the molecule is C.CC1CC2C3CCC4=CC(=O)C=CC4(C)C3C(O)CC2(C)C1C(=O)COC(=O)CCO[N+](=O)[O-].CCCCC(=O)O. The molecule has 8 unspecified atom stereocenters. The second-order valence-corrected chi connectivity index (χ2v) is 12.4. The number of carboxylic acid groups (broad SMARTS) is 1. The normalized spacial score (nSPS) is 34.2. The maximum Gasteiger partial charge on any atom is 0.308 e. The second-order valence-electron chi connectivity index (χ2n) is 12.4. The van der Waals surface area contributed by atoms with Gasteiger partial charge >= 0.3 is 11.9 Å². The molecule has 4 aliphatic carbocycles. The third kappa shape index (κ3) is 7.46. The van der Waals surface area contributed by atoms with E-state index in [2.05, 4.69) is 25.6 Å². The summed E-state index contributed by atoms with van der Waals surface area (Å²) >= 11 is 0. The number of carboxylic acids is 1. The number of hydrogen-bond donors (Lipinski definition) is 2. The van der Waals surface area contributed by atoms with Gasteiger partial charge in [0.15, 0.2) is 11.6 Å². The van der Waals surface area contributed by atoms with Crippen LogP contribution in [0.25, 0.3) is 0 Å². The lowest BCUT2D eigenvalue weighted by atomic mass is 9.46. The molecule has 2 N–H and O–H groups in total. The van der Waals surface area contributed by atoms with Crippen molar-refractivity contribution < 1.29 is 44.1 Å². The summed E-state index contributed by atoms with van der Waals surface area (Å²) in [5, 5.41) is 28.7. The molecule has 3 fully saturated rings. The standard InChI is InChI=1S/C25H33NO8.C5H10O2.CH4/c1-14-10-18-17-5-4-15-11-16(27)6-8-24(15,2)23(17)19(28)12-25(18,3)22(14)20(29)13-33-21(30)7-9-34-26(31)32;1-2-3-4-5(6)7;/h6,8,11,14,17-19,22-23,28H,4-5,7,9-10,12-13H2,1-3H3;2-4H2,1H3,(H,6,7);1H4. The van der Waals surface area contributed by atoms with Gasteiger partial charge < -0.3 is 19.8 Å². The van der Waals surface area contributed by atoms with Crippen LogP contribution in [0.1, 0.15) is 86.5 Å². The number of aliphatic hydroxyl groups excluding tert-OH is 1. The molecule has 0 heterocycles. The number of Topliss-reactive ketones (excluding diaryl/α,β-unsaturated/α-hetero) is 1. The van der Waals surface area contributed by atoms with Gasteiger partial charge in [0.1, 0.15) is 13.2 Å². The first kappa shape index (κ1) is 35.1.